The van der Waals surface area contributed by atoms with E-state index in [1.165, 1.54) is 0 Å². The molecule has 0 radical (unpaired) electrons. The lowest BCUT2D eigenvalue weighted by molar-refractivity contribution is -0.118. The Bertz CT molecular complexity index is 417. The molecule has 0 aliphatic carbocycles. The van der Waals surface area contributed by atoms with Gasteiger partial charge in [-0.1, -0.05) is 0 Å². The fourth-order valence-corrected chi connectivity index (χ4v) is 1.92. The van der Waals surface area contributed by atoms with Gasteiger partial charge in [0.1, 0.15) is 5.75 Å². The van der Waals surface area contributed by atoms with Crippen molar-refractivity contribution in [2.45, 2.75) is 19.3 Å². The van der Waals surface area contributed by atoms with Crippen LogP contribution in [0.25, 0.3) is 0 Å². The van der Waals surface area contributed by atoms with Gasteiger partial charge in [-0.15, -0.1) is 0 Å². The van der Waals surface area contributed by atoms with Gasteiger partial charge in [-0.2, -0.15) is 0 Å². The topological polar surface area (TPSA) is 49.8 Å². The molecule has 4 nitrogen and oxygen atoms in total. The number of benzene rings is 1. The van der Waals surface area contributed by atoms with Gasteiger partial charge in [-0.25, -0.2) is 0 Å². The summed E-state index contributed by atoms with van der Waals surface area (Å²) in [5.74, 6) is 0.947. The second-order valence-corrected chi connectivity index (χ2v) is 4.17. The zero-order chi connectivity index (χ0) is 12.3. The van der Waals surface area contributed by atoms with Crippen LogP contribution in [0.3, 0.4) is 0 Å². The van der Waals surface area contributed by atoms with Crippen molar-refractivity contribution in [3.8, 4) is 5.75 Å². The Morgan fingerprint density at radius 3 is 3.12 bits per heavy atom. The lowest BCUT2D eigenvalue weighted by atomic mass is 10.1. The minimum Gasteiger partial charge on any atom is -0.493 e. The SMILES string of the molecule is CN(C(=O)CCCO)c1ccc2c(c1)CCO2. The number of ether oxygens (including phenoxy) is 1. The summed E-state index contributed by atoms with van der Waals surface area (Å²) in [5, 5.41) is 8.71. The number of hydrogen-bond donors (Lipinski definition) is 1. The number of fused-ring (bicyclic) bond motifs is 1. The number of anilines is 1. The first-order valence-corrected chi connectivity index (χ1v) is 5.85. The predicted octanol–water partition coefficient (Wildman–Crippen LogP) is 1.36. The van der Waals surface area contributed by atoms with E-state index in [9.17, 15) is 4.79 Å². The first-order chi connectivity index (χ1) is 8.22. The Balaban J connectivity index is 2.09. The van der Waals surface area contributed by atoms with Crippen molar-refractivity contribution in [3.05, 3.63) is 23.8 Å². The van der Waals surface area contributed by atoms with Gasteiger partial charge in [0.2, 0.25) is 5.91 Å². The molecule has 1 aliphatic rings. The van der Waals surface area contributed by atoms with Crippen LogP contribution >= 0.6 is 0 Å². The number of rotatable bonds is 4. The van der Waals surface area contributed by atoms with Gasteiger partial charge in [0, 0.05) is 32.2 Å². The number of aliphatic hydroxyl groups is 1. The maximum Gasteiger partial charge on any atom is 0.226 e. The lowest BCUT2D eigenvalue weighted by Crippen LogP contribution is -2.26. The molecule has 92 valence electrons. The van der Waals surface area contributed by atoms with E-state index < -0.39 is 0 Å². The van der Waals surface area contributed by atoms with E-state index in [-0.39, 0.29) is 12.5 Å². The van der Waals surface area contributed by atoms with E-state index >= 15 is 0 Å². The molecule has 1 aromatic carbocycles. The summed E-state index contributed by atoms with van der Waals surface area (Å²) in [6.45, 7) is 0.776. The summed E-state index contributed by atoms with van der Waals surface area (Å²) >= 11 is 0. The molecule has 4 heteroatoms. The summed E-state index contributed by atoms with van der Waals surface area (Å²) in [7, 11) is 1.76. The van der Waals surface area contributed by atoms with E-state index in [1.807, 2.05) is 18.2 Å². The van der Waals surface area contributed by atoms with Crippen molar-refractivity contribution < 1.29 is 14.6 Å². The molecule has 0 saturated carbocycles. The Labute approximate surface area is 101 Å². The monoisotopic (exact) mass is 235 g/mol. The number of aliphatic hydroxyl groups excluding tert-OH is 1. The quantitative estimate of drug-likeness (QED) is 0.857. The van der Waals surface area contributed by atoms with Crippen molar-refractivity contribution in [2.24, 2.45) is 0 Å². The van der Waals surface area contributed by atoms with Gasteiger partial charge in [0.05, 0.1) is 6.61 Å². The second-order valence-electron chi connectivity index (χ2n) is 4.17. The minimum absolute atomic E-state index is 0.0258. The fraction of sp³-hybridized carbons (Fsp3) is 0.462. The van der Waals surface area contributed by atoms with Crippen LogP contribution in [0.2, 0.25) is 0 Å². The maximum absolute atomic E-state index is 11.8. The van der Waals surface area contributed by atoms with Crippen molar-refractivity contribution in [1.82, 2.24) is 0 Å². The van der Waals surface area contributed by atoms with Gasteiger partial charge in [0.25, 0.3) is 0 Å². The molecule has 2 rings (SSSR count). The van der Waals surface area contributed by atoms with Gasteiger partial charge in [0.15, 0.2) is 0 Å². The summed E-state index contributed by atoms with van der Waals surface area (Å²) in [6, 6.07) is 5.80. The summed E-state index contributed by atoms with van der Waals surface area (Å²) in [4.78, 5) is 13.4. The Morgan fingerprint density at radius 2 is 2.35 bits per heavy atom. The van der Waals surface area contributed by atoms with Crippen molar-refractivity contribution in [3.63, 3.8) is 0 Å². The molecule has 0 spiro atoms. The van der Waals surface area contributed by atoms with Crippen LogP contribution in [0.15, 0.2) is 18.2 Å². The van der Waals surface area contributed by atoms with E-state index in [1.54, 1.807) is 11.9 Å². The van der Waals surface area contributed by atoms with Crippen LogP contribution in [-0.2, 0) is 11.2 Å². The third kappa shape index (κ3) is 2.58. The highest BCUT2D eigenvalue weighted by atomic mass is 16.5. The molecule has 0 saturated heterocycles. The van der Waals surface area contributed by atoms with Crippen molar-refractivity contribution >= 4 is 11.6 Å². The zero-order valence-electron chi connectivity index (χ0n) is 9.98. The molecule has 0 atom stereocenters. The second kappa shape index (κ2) is 5.19. The van der Waals surface area contributed by atoms with Crippen LogP contribution in [0.1, 0.15) is 18.4 Å². The molecule has 1 aromatic rings. The van der Waals surface area contributed by atoms with Crippen LogP contribution in [0, 0.1) is 0 Å². The number of amides is 1. The molecule has 1 amide bonds. The highest BCUT2D eigenvalue weighted by Crippen LogP contribution is 2.29. The lowest BCUT2D eigenvalue weighted by Gasteiger charge is -2.17. The number of carbonyl (C=O) groups is 1. The normalized spacial score (nSPS) is 13.1. The predicted molar refractivity (Wildman–Crippen MR) is 65.4 cm³/mol. The van der Waals surface area contributed by atoms with Crippen LogP contribution < -0.4 is 9.64 Å². The fourth-order valence-electron chi connectivity index (χ4n) is 1.92. The van der Waals surface area contributed by atoms with Crippen molar-refractivity contribution in [2.75, 3.05) is 25.2 Å². The summed E-state index contributed by atoms with van der Waals surface area (Å²) in [5.41, 5.74) is 2.04. The van der Waals surface area contributed by atoms with E-state index in [4.69, 9.17) is 9.84 Å². The largest absolute Gasteiger partial charge is 0.493 e. The Morgan fingerprint density at radius 1 is 1.53 bits per heavy atom. The van der Waals surface area contributed by atoms with Gasteiger partial charge < -0.3 is 14.7 Å². The Hall–Kier alpha value is -1.55. The van der Waals surface area contributed by atoms with Crippen LogP contribution in [-0.4, -0.2) is 31.3 Å². The summed E-state index contributed by atoms with van der Waals surface area (Å²) < 4.78 is 5.42. The number of carbonyl (C=O) groups excluding carboxylic acids is 1. The molecule has 1 heterocycles. The highest BCUT2D eigenvalue weighted by molar-refractivity contribution is 5.92. The van der Waals surface area contributed by atoms with E-state index in [0.717, 1.165) is 30.0 Å². The van der Waals surface area contributed by atoms with Crippen LogP contribution in [0.4, 0.5) is 5.69 Å². The van der Waals surface area contributed by atoms with Crippen LogP contribution in [0.5, 0.6) is 5.75 Å². The average Bonchev–Trinajstić information content (AvgIpc) is 2.81. The Kier molecular flexibility index (Phi) is 3.64. The molecule has 0 aromatic heterocycles. The van der Waals surface area contributed by atoms with E-state index in [2.05, 4.69) is 0 Å². The highest BCUT2D eigenvalue weighted by Gasteiger charge is 2.16. The molecular weight excluding hydrogens is 218 g/mol. The summed E-state index contributed by atoms with van der Waals surface area (Å²) in [6.07, 6.45) is 1.79. The molecule has 1 N–H and O–H groups in total. The van der Waals surface area contributed by atoms with Gasteiger partial charge >= 0.3 is 0 Å². The molecule has 0 unspecified atom stereocenters. The third-order valence-corrected chi connectivity index (χ3v) is 2.98. The first-order valence-electron chi connectivity index (χ1n) is 5.85. The molecule has 17 heavy (non-hydrogen) atoms. The zero-order valence-corrected chi connectivity index (χ0v) is 9.98. The number of nitrogens with zero attached hydrogens (tertiary/aromatic N) is 1. The average molecular weight is 235 g/mol. The molecule has 0 fully saturated rings. The van der Waals surface area contributed by atoms with Gasteiger partial charge in [-0.05, 0) is 30.2 Å². The van der Waals surface area contributed by atoms with Gasteiger partial charge in [-0.3, -0.25) is 4.79 Å². The first kappa shape index (κ1) is 11.9. The third-order valence-electron chi connectivity index (χ3n) is 2.98. The minimum atomic E-state index is 0.0258. The molecular formula is C13H17NO3. The molecule has 1 aliphatic heterocycles. The molecule has 0 bridgehead atoms. The van der Waals surface area contributed by atoms with E-state index in [0.29, 0.717) is 12.8 Å². The van der Waals surface area contributed by atoms with Crippen molar-refractivity contribution in [1.29, 1.82) is 0 Å². The smallest absolute Gasteiger partial charge is 0.226 e. The maximum atomic E-state index is 11.8. The standard InChI is InChI=1S/C13H17NO3/c1-14(13(16)3-2-7-15)11-4-5-12-10(9-11)6-8-17-12/h4-5,9,15H,2-3,6-8H2,1H3. The number of hydrogen-bond acceptors (Lipinski definition) is 3.